The Labute approximate surface area is 151 Å². The van der Waals surface area contributed by atoms with Gasteiger partial charge >= 0.3 is 5.97 Å². The fraction of sp³-hybridized carbons (Fsp3) is 0.125. The molecule has 0 unspecified atom stereocenters. The molecular weight excluding hydrogens is 417 g/mol. The number of carbonyl (C=O) groups excluding carboxylic acids is 1. The van der Waals surface area contributed by atoms with E-state index in [9.17, 15) is 17.6 Å². The van der Waals surface area contributed by atoms with Crippen molar-refractivity contribution in [2.24, 2.45) is 0 Å². The van der Waals surface area contributed by atoms with Crippen LogP contribution in [-0.2, 0) is 14.6 Å². The molecule has 0 bridgehead atoms. The van der Waals surface area contributed by atoms with Crippen molar-refractivity contribution in [2.45, 2.75) is 4.90 Å². The summed E-state index contributed by atoms with van der Waals surface area (Å²) >= 11 is 3.13. The molecule has 6 nitrogen and oxygen atoms in total. The Kier molecular flexibility index (Phi) is 5.45. The van der Waals surface area contributed by atoms with Gasteiger partial charge in [-0.15, -0.1) is 0 Å². The van der Waals surface area contributed by atoms with Crippen LogP contribution in [0.5, 0.6) is 11.5 Å². The minimum absolute atomic E-state index is 0.0140. The van der Waals surface area contributed by atoms with Crippen LogP contribution in [0.4, 0.5) is 4.39 Å². The van der Waals surface area contributed by atoms with Gasteiger partial charge in [0.1, 0.15) is 17.3 Å². The zero-order chi connectivity index (χ0) is 18.8. The highest BCUT2D eigenvalue weighted by atomic mass is 79.9. The number of halogens is 2. The summed E-state index contributed by atoms with van der Waals surface area (Å²) in [6.45, 7) is 0. The fourth-order valence-electron chi connectivity index (χ4n) is 2.03. The largest absolute Gasteiger partial charge is 0.465 e. The van der Waals surface area contributed by atoms with Gasteiger partial charge in [0, 0.05) is 12.3 Å². The third-order valence-electron chi connectivity index (χ3n) is 3.09. The Morgan fingerprint density at radius 3 is 2.52 bits per heavy atom. The maximum absolute atomic E-state index is 13.5. The Balaban J connectivity index is 2.59. The number of nitriles is 1. The van der Waals surface area contributed by atoms with E-state index >= 15 is 0 Å². The monoisotopic (exact) mass is 427 g/mol. The molecule has 2 rings (SSSR count). The summed E-state index contributed by atoms with van der Waals surface area (Å²) in [6.07, 6.45) is 0.952. The highest BCUT2D eigenvalue weighted by Gasteiger charge is 2.25. The molecule has 0 aromatic heterocycles. The number of sulfone groups is 1. The number of carbonyl (C=O) groups is 1. The molecule has 0 fully saturated rings. The number of hydrogen-bond donors (Lipinski definition) is 0. The number of ether oxygens (including phenoxy) is 2. The summed E-state index contributed by atoms with van der Waals surface area (Å²) in [5.41, 5.74) is -0.188. The molecule has 0 aliphatic heterocycles. The summed E-state index contributed by atoms with van der Waals surface area (Å²) in [6, 6.07) is 7.68. The summed E-state index contributed by atoms with van der Waals surface area (Å²) in [7, 11) is -2.60. The zero-order valence-corrected chi connectivity index (χ0v) is 15.4. The molecule has 0 amide bonds. The zero-order valence-electron chi connectivity index (χ0n) is 13.0. The van der Waals surface area contributed by atoms with Gasteiger partial charge in [0.05, 0.1) is 33.7 Å². The van der Waals surface area contributed by atoms with Gasteiger partial charge in [-0.25, -0.2) is 17.6 Å². The molecule has 0 spiro atoms. The van der Waals surface area contributed by atoms with Gasteiger partial charge in [-0.2, -0.15) is 5.26 Å². The van der Waals surface area contributed by atoms with Gasteiger partial charge in [-0.1, -0.05) is 0 Å². The van der Waals surface area contributed by atoms with Gasteiger partial charge in [0.25, 0.3) is 0 Å². The van der Waals surface area contributed by atoms with Crippen LogP contribution in [0.1, 0.15) is 15.9 Å². The van der Waals surface area contributed by atoms with Crippen LogP contribution >= 0.6 is 15.9 Å². The second-order valence-corrected chi connectivity index (χ2v) is 7.68. The average Bonchev–Trinajstić information content (AvgIpc) is 2.54. The lowest BCUT2D eigenvalue weighted by molar-refractivity contribution is 0.0594. The van der Waals surface area contributed by atoms with E-state index in [4.69, 9.17) is 10.00 Å². The molecule has 9 heteroatoms. The van der Waals surface area contributed by atoms with Gasteiger partial charge in [0.15, 0.2) is 9.84 Å². The second-order valence-electron chi connectivity index (χ2n) is 4.90. The van der Waals surface area contributed by atoms with E-state index in [1.165, 1.54) is 18.2 Å². The number of nitrogens with zero attached hydrogens (tertiary/aromatic N) is 1. The Morgan fingerprint density at radius 2 is 1.96 bits per heavy atom. The summed E-state index contributed by atoms with van der Waals surface area (Å²) in [4.78, 5) is 11.7. The molecule has 0 aliphatic carbocycles. The van der Waals surface area contributed by atoms with Crippen molar-refractivity contribution in [3.63, 3.8) is 0 Å². The smallest absolute Gasteiger partial charge is 0.340 e. The highest BCUT2D eigenvalue weighted by molar-refractivity contribution is 9.10. The van der Waals surface area contributed by atoms with Crippen molar-refractivity contribution in [3.8, 4) is 17.6 Å². The van der Waals surface area contributed by atoms with E-state index < -0.39 is 21.6 Å². The Hall–Kier alpha value is -2.44. The fourth-order valence-corrected chi connectivity index (χ4v) is 3.62. The van der Waals surface area contributed by atoms with Crippen LogP contribution in [-0.4, -0.2) is 27.8 Å². The van der Waals surface area contributed by atoms with E-state index in [2.05, 4.69) is 20.7 Å². The normalized spacial score (nSPS) is 10.8. The standard InChI is InChI=1S/C16H11BrFNO5S/c1-23-16(20)14-13(25(2,21)22)4-3-12(15(14)17)24-11-6-9(8-19)5-10(18)7-11/h3-7H,1-2H3. The minimum Gasteiger partial charge on any atom is -0.465 e. The molecule has 0 radical (unpaired) electrons. The molecule has 0 saturated heterocycles. The first kappa shape index (κ1) is 18.9. The number of esters is 1. The second kappa shape index (κ2) is 7.21. The third kappa shape index (κ3) is 4.15. The molecule has 0 saturated carbocycles. The lowest BCUT2D eigenvalue weighted by atomic mass is 10.2. The van der Waals surface area contributed by atoms with Crippen molar-refractivity contribution in [1.82, 2.24) is 0 Å². The molecule has 25 heavy (non-hydrogen) atoms. The number of benzene rings is 2. The molecule has 2 aromatic rings. The quantitative estimate of drug-likeness (QED) is 0.693. The van der Waals surface area contributed by atoms with Gasteiger partial charge in [0.2, 0.25) is 0 Å². The van der Waals surface area contributed by atoms with Gasteiger partial charge in [-0.3, -0.25) is 0 Å². The average molecular weight is 428 g/mol. The van der Waals surface area contributed by atoms with Crippen molar-refractivity contribution < 1.29 is 27.1 Å². The van der Waals surface area contributed by atoms with Gasteiger partial charge < -0.3 is 9.47 Å². The molecule has 2 aromatic carbocycles. The van der Waals surface area contributed by atoms with E-state index in [1.807, 2.05) is 0 Å². The highest BCUT2D eigenvalue weighted by Crippen LogP contribution is 2.36. The SMILES string of the molecule is COC(=O)c1c(S(C)(=O)=O)ccc(Oc2cc(F)cc(C#N)c2)c1Br. The predicted molar refractivity (Wildman–Crippen MR) is 89.8 cm³/mol. The Bertz CT molecular complexity index is 998. The molecule has 0 heterocycles. The maximum Gasteiger partial charge on any atom is 0.340 e. The van der Waals surface area contributed by atoms with E-state index in [1.54, 1.807) is 6.07 Å². The summed E-state index contributed by atoms with van der Waals surface area (Å²) < 4.78 is 47.4. The van der Waals surface area contributed by atoms with Gasteiger partial charge in [-0.05, 0) is 40.2 Å². The van der Waals surface area contributed by atoms with Crippen LogP contribution in [0, 0.1) is 17.1 Å². The molecule has 0 atom stereocenters. The lowest BCUT2D eigenvalue weighted by Crippen LogP contribution is -2.11. The molecule has 130 valence electrons. The summed E-state index contributed by atoms with van der Waals surface area (Å²) in [5, 5.41) is 8.87. The van der Waals surface area contributed by atoms with E-state index in [0.717, 1.165) is 25.5 Å². The maximum atomic E-state index is 13.5. The molecule has 0 N–H and O–H groups in total. The number of methoxy groups -OCH3 is 1. The first-order chi connectivity index (χ1) is 11.7. The first-order valence-corrected chi connectivity index (χ1v) is 9.35. The van der Waals surface area contributed by atoms with E-state index in [-0.39, 0.29) is 32.0 Å². The first-order valence-electron chi connectivity index (χ1n) is 6.66. The van der Waals surface area contributed by atoms with Crippen LogP contribution in [0.25, 0.3) is 0 Å². The predicted octanol–water partition coefficient (Wildman–Crippen LogP) is 3.44. The Morgan fingerprint density at radius 1 is 1.28 bits per heavy atom. The topological polar surface area (TPSA) is 93.5 Å². The van der Waals surface area contributed by atoms with Crippen molar-refractivity contribution in [1.29, 1.82) is 5.26 Å². The van der Waals surface area contributed by atoms with E-state index in [0.29, 0.717) is 0 Å². The van der Waals surface area contributed by atoms with Crippen molar-refractivity contribution in [2.75, 3.05) is 13.4 Å². The van der Waals surface area contributed by atoms with Crippen molar-refractivity contribution >= 4 is 31.7 Å². The van der Waals surface area contributed by atoms with Crippen LogP contribution < -0.4 is 4.74 Å². The van der Waals surface area contributed by atoms with Crippen molar-refractivity contribution in [3.05, 3.63) is 51.7 Å². The minimum atomic E-state index is -3.71. The third-order valence-corrected chi connectivity index (χ3v) is 5.01. The lowest BCUT2D eigenvalue weighted by Gasteiger charge is -2.13. The van der Waals surface area contributed by atoms with Crippen LogP contribution in [0.3, 0.4) is 0 Å². The molecule has 0 aliphatic rings. The number of hydrogen-bond acceptors (Lipinski definition) is 6. The van der Waals surface area contributed by atoms with Crippen LogP contribution in [0.15, 0.2) is 39.7 Å². The van der Waals surface area contributed by atoms with Crippen LogP contribution in [0.2, 0.25) is 0 Å². The number of rotatable bonds is 4. The summed E-state index contributed by atoms with van der Waals surface area (Å²) in [5.74, 6) is -1.48. The molecular formula is C16H11BrFNO5S.